The van der Waals surface area contributed by atoms with Crippen LogP contribution in [0.25, 0.3) is 0 Å². The zero-order valence-corrected chi connectivity index (χ0v) is 13.5. The van der Waals surface area contributed by atoms with Gasteiger partial charge in [0, 0.05) is 5.56 Å². The van der Waals surface area contributed by atoms with Gasteiger partial charge in [0.05, 0.1) is 12.1 Å². The predicted molar refractivity (Wildman–Crippen MR) is 86.1 cm³/mol. The second kappa shape index (κ2) is 7.08. The minimum atomic E-state index is -0.330. The molecule has 1 aliphatic rings. The largest absolute Gasteiger partial charge is 0.494 e. The Morgan fingerprint density at radius 3 is 2.14 bits per heavy atom. The van der Waals surface area contributed by atoms with Crippen molar-refractivity contribution in [1.29, 1.82) is 0 Å². The smallest absolute Gasteiger partial charge is 0.183 e. The normalized spacial score (nSPS) is 16.1. The fraction of sp³-hybridized carbons (Fsp3) is 0.611. The van der Waals surface area contributed by atoms with Crippen molar-refractivity contribution >= 4 is 5.78 Å². The van der Waals surface area contributed by atoms with Crippen LogP contribution >= 0.6 is 0 Å². The van der Waals surface area contributed by atoms with Crippen LogP contribution in [0.15, 0.2) is 24.3 Å². The van der Waals surface area contributed by atoms with E-state index in [2.05, 4.69) is 18.7 Å². The average Bonchev–Trinajstić information content (AvgIpc) is 3.05. The third-order valence-electron chi connectivity index (χ3n) is 4.73. The summed E-state index contributed by atoms with van der Waals surface area (Å²) in [4.78, 5) is 15.5. The molecule has 0 unspecified atom stereocenters. The third-order valence-corrected chi connectivity index (χ3v) is 4.73. The van der Waals surface area contributed by atoms with Crippen LogP contribution in [-0.4, -0.2) is 35.9 Å². The van der Waals surface area contributed by atoms with Gasteiger partial charge < -0.3 is 4.74 Å². The number of Topliss-reactive ketones (excluding diaryl/α,β-unsaturated/α-hetero) is 1. The molecule has 21 heavy (non-hydrogen) atoms. The van der Waals surface area contributed by atoms with Gasteiger partial charge in [-0.2, -0.15) is 0 Å². The Hall–Kier alpha value is -1.35. The fourth-order valence-electron chi connectivity index (χ4n) is 3.44. The molecule has 1 fully saturated rings. The molecule has 1 aromatic carbocycles. The van der Waals surface area contributed by atoms with Crippen molar-refractivity contribution in [2.24, 2.45) is 0 Å². The minimum absolute atomic E-state index is 0.262. The molecule has 0 atom stereocenters. The van der Waals surface area contributed by atoms with Crippen LogP contribution in [-0.2, 0) is 0 Å². The van der Waals surface area contributed by atoms with Gasteiger partial charge >= 0.3 is 0 Å². The summed E-state index contributed by atoms with van der Waals surface area (Å²) in [5, 5.41) is 0. The lowest BCUT2D eigenvalue weighted by Gasteiger charge is -2.39. The van der Waals surface area contributed by atoms with E-state index in [0.717, 1.165) is 37.2 Å². The van der Waals surface area contributed by atoms with Crippen LogP contribution < -0.4 is 4.74 Å². The van der Waals surface area contributed by atoms with E-state index in [1.807, 2.05) is 31.2 Å². The molecule has 0 bridgehead atoms. The SMILES string of the molecule is CCOc1ccc(C(=O)C(CC)(CC)N2CCCC2)cc1. The predicted octanol–water partition coefficient (Wildman–Crippen LogP) is 3.92. The highest BCUT2D eigenvalue weighted by Crippen LogP contribution is 2.32. The summed E-state index contributed by atoms with van der Waals surface area (Å²) in [5.74, 6) is 1.09. The fourth-order valence-corrected chi connectivity index (χ4v) is 3.44. The van der Waals surface area contributed by atoms with Gasteiger partial charge in [-0.25, -0.2) is 0 Å². The molecule has 1 heterocycles. The summed E-state index contributed by atoms with van der Waals surface area (Å²) >= 11 is 0. The van der Waals surface area contributed by atoms with Crippen LogP contribution in [0.5, 0.6) is 5.75 Å². The third kappa shape index (κ3) is 3.13. The number of hydrogen-bond acceptors (Lipinski definition) is 3. The Morgan fingerprint density at radius 2 is 1.67 bits per heavy atom. The van der Waals surface area contributed by atoms with Crippen LogP contribution in [0.3, 0.4) is 0 Å². The first-order chi connectivity index (χ1) is 10.2. The highest BCUT2D eigenvalue weighted by atomic mass is 16.5. The van der Waals surface area contributed by atoms with Gasteiger partial charge in [0.1, 0.15) is 5.75 Å². The van der Waals surface area contributed by atoms with Crippen LogP contribution in [0.4, 0.5) is 0 Å². The van der Waals surface area contributed by atoms with E-state index < -0.39 is 0 Å². The second-order valence-corrected chi connectivity index (χ2v) is 5.72. The van der Waals surface area contributed by atoms with Crippen molar-refractivity contribution < 1.29 is 9.53 Å². The summed E-state index contributed by atoms with van der Waals surface area (Å²) in [6.07, 6.45) is 4.15. The van der Waals surface area contributed by atoms with E-state index in [0.29, 0.717) is 6.61 Å². The average molecular weight is 289 g/mol. The first-order valence-electron chi connectivity index (χ1n) is 8.20. The maximum Gasteiger partial charge on any atom is 0.183 e. The van der Waals surface area contributed by atoms with Crippen LogP contribution in [0.2, 0.25) is 0 Å². The summed E-state index contributed by atoms with van der Waals surface area (Å²) < 4.78 is 5.46. The van der Waals surface area contributed by atoms with Gasteiger partial charge in [0.15, 0.2) is 5.78 Å². The zero-order chi connectivity index (χ0) is 15.3. The zero-order valence-electron chi connectivity index (χ0n) is 13.5. The Labute approximate surface area is 128 Å². The lowest BCUT2D eigenvalue weighted by Crippen LogP contribution is -2.52. The maximum absolute atomic E-state index is 13.1. The maximum atomic E-state index is 13.1. The molecule has 1 aromatic rings. The lowest BCUT2D eigenvalue weighted by molar-refractivity contribution is 0.0581. The van der Waals surface area contributed by atoms with Crippen LogP contribution in [0.1, 0.15) is 56.8 Å². The topological polar surface area (TPSA) is 29.5 Å². The standard InChI is InChI=1S/C18H27NO2/c1-4-18(5-2,19-13-7-8-14-19)17(20)15-9-11-16(12-10-15)21-6-3/h9-12H,4-8,13-14H2,1-3H3. The molecule has 3 heteroatoms. The van der Waals surface area contributed by atoms with Crippen molar-refractivity contribution in [2.45, 2.75) is 52.0 Å². The summed E-state index contributed by atoms with van der Waals surface area (Å²) in [6, 6.07) is 7.61. The minimum Gasteiger partial charge on any atom is -0.494 e. The molecule has 0 spiro atoms. The van der Waals surface area contributed by atoms with E-state index in [4.69, 9.17) is 4.74 Å². The number of hydrogen-bond donors (Lipinski definition) is 0. The first kappa shape index (κ1) is 16.0. The molecule has 0 saturated carbocycles. The first-order valence-corrected chi connectivity index (χ1v) is 8.20. The summed E-state index contributed by atoms with van der Waals surface area (Å²) in [5.41, 5.74) is 0.470. The quantitative estimate of drug-likeness (QED) is 0.712. The molecule has 116 valence electrons. The lowest BCUT2D eigenvalue weighted by atomic mass is 9.82. The molecule has 2 rings (SSSR count). The molecular weight excluding hydrogens is 262 g/mol. The van der Waals surface area contributed by atoms with Gasteiger partial charge in [0.2, 0.25) is 0 Å². The molecule has 0 amide bonds. The van der Waals surface area contributed by atoms with E-state index in [9.17, 15) is 4.79 Å². The molecule has 0 radical (unpaired) electrons. The number of ketones is 1. The Bertz CT molecular complexity index is 457. The van der Waals surface area contributed by atoms with Crippen molar-refractivity contribution in [3.05, 3.63) is 29.8 Å². The molecule has 3 nitrogen and oxygen atoms in total. The van der Waals surface area contributed by atoms with Crippen LogP contribution in [0, 0.1) is 0 Å². The van der Waals surface area contributed by atoms with Gasteiger partial charge in [-0.15, -0.1) is 0 Å². The Balaban J connectivity index is 2.25. The van der Waals surface area contributed by atoms with E-state index in [-0.39, 0.29) is 11.3 Å². The monoisotopic (exact) mass is 289 g/mol. The van der Waals surface area contributed by atoms with Crippen molar-refractivity contribution in [3.63, 3.8) is 0 Å². The Morgan fingerprint density at radius 1 is 1.10 bits per heavy atom. The molecule has 0 aliphatic carbocycles. The number of likely N-dealkylation sites (tertiary alicyclic amines) is 1. The molecular formula is C18H27NO2. The van der Waals surface area contributed by atoms with E-state index in [1.54, 1.807) is 0 Å². The van der Waals surface area contributed by atoms with Gasteiger partial charge in [-0.1, -0.05) is 13.8 Å². The van der Waals surface area contributed by atoms with E-state index in [1.165, 1.54) is 12.8 Å². The number of rotatable bonds is 7. The highest BCUT2D eigenvalue weighted by Gasteiger charge is 2.41. The highest BCUT2D eigenvalue weighted by molar-refractivity contribution is 6.03. The number of ether oxygens (including phenoxy) is 1. The molecule has 0 N–H and O–H groups in total. The van der Waals surface area contributed by atoms with Crippen molar-refractivity contribution in [2.75, 3.05) is 19.7 Å². The van der Waals surface area contributed by atoms with Crippen molar-refractivity contribution in [1.82, 2.24) is 4.90 Å². The molecule has 0 aromatic heterocycles. The van der Waals surface area contributed by atoms with E-state index >= 15 is 0 Å². The molecule has 1 aliphatic heterocycles. The summed E-state index contributed by atoms with van der Waals surface area (Å²) in [7, 11) is 0. The Kier molecular flexibility index (Phi) is 5.40. The summed E-state index contributed by atoms with van der Waals surface area (Å²) in [6.45, 7) is 8.97. The molecule has 1 saturated heterocycles. The van der Waals surface area contributed by atoms with Gasteiger partial charge in [0.25, 0.3) is 0 Å². The van der Waals surface area contributed by atoms with Gasteiger partial charge in [-0.05, 0) is 70.0 Å². The second-order valence-electron chi connectivity index (χ2n) is 5.72. The number of benzene rings is 1. The number of nitrogens with zero attached hydrogens (tertiary/aromatic N) is 1. The number of carbonyl (C=O) groups is 1. The number of carbonyl (C=O) groups excluding carboxylic acids is 1. The van der Waals surface area contributed by atoms with Crippen molar-refractivity contribution in [3.8, 4) is 5.75 Å². The van der Waals surface area contributed by atoms with Gasteiger partial charge in [-0.3, -0.25) is 9.69 Å².